The number of hydrogen-bond acceptors (Lipinski definition) is 3. The van der Waals surface area contributed by atoms with Gasteiger partial charge in [-0.05, 0) is 44.7 Å². The summed E-state index contributed by atoms with van der Waals surface area (Å²) in [4.78, 5) is 12.0. The van der Waals surface area contributed by atoms with Crippen molar-refractivity contribution >= 4 is 17.5 Å². The molecule has 3 rings (SSSR count). The van der Waals surface area contributed by atoms with Crippen molar-refractivity contribution in [2.75, 3.05) is 0 Å². The second-order valence-corrected chi connectivity index (χ2v) is 6.32. The van der Waals surface area contributed by atoms with Crippen molar-refractivity contribution in [2.45, 2.75) is 57.3 Å². The standard InChI is InChI=1S/C16H21ClN2O2/c1-10(16(20)19-12-7-8-12)21-15-4-2-3-14(17)13(15)9-18-11-5-6-11/h2-4,10-12,18H,5-9H2,1H3,(H,19,20). The first-order valence-corrected chi connectivity index (χ1v) is 7.99. The number of benzene rings is 1. The van der Waals surface area contributed by atoms with E-state index >= 15 is 0 Å². The van der Waals surface area contributed by atoms with Crippen LogP contribution in [0.15, 0.2) is 18.2 Å². The van der Waals surface area contributed by atoms with Crippen molar-refractivity contribution in [3.05, 3.63) is 28.8 Å². The van der Waals surface area contributed by atoms with Crippen LogP contribution in [0, 0.1) is 0 Å². The molecule has 1 aromatic rings. The third kappa shape index (κ3) is 4.11. The Morgan fingerprint density at radius 2 is 2.05 bits per heavy atom. The van der Waals surface area contributed by atoms with E-state index in [9.17, 15) is 4.79 Å². The Kier molecular flexibility index (Phi) is 4.36. The third-order valence-electron chi connectivity index (χ3n) is 3.82. The van der Waals surface area contributed by atoms with Gasteiger partial charge in [-0.25, -0.2) is 0 Å². The molecule has 0 bridgehead atoms. The molecule has 21 heavy (non-hydrogen) atoms. The van der Waals surface area contributed by atoms with Gasteiger partial charge in [-0.1, -0.05) is 17.7 Å². The van der Waals surface area contributed by atoms with E-state index in [0.29, 0.717) is 29.4 Å². The van der Waals surface area contributed by atoms with Gasteiger partial charge in [0, 0.05) is 29.2 Å². The number of carbonyl (C=O) groups excluding carboxylic acids is 1. The molecular formula is C16H21ClN2O2. The van der Waals surface area contributed by atoms with E-state index in [1.807, 2.05) is 18.2 Å². The molecule has 0 spiro atoms. The average Bonchev–Trinajstić information content (AvgIpc) is 3.33. The van der Waals surface area contributed by atoms with Crippen LogP contribution >= 0.6 is 11.6 Å². The first kappa shape index (κ1) is 14.7. The van der Waals surface area contributed by atoms with E-state index in [1.165, 1.54) is 12.8 Å². The summed E-state index contributed by atoms with van der Waals surface area (Å²) in [7, 11) is 0. The molecule has 2 N–H and O–H groups in total. The van der Waals surface area contributed by atoms with E-state index in [4.69, 9.17) is 16.3 Å². The smallest absolute Gasteiger partial charge is 0.260 e. The molecule has 0 aliphatic heterocycles. The van der Waals surface area contributed by atoms with Gasteiger partial charge in [0.05, 0.1) is 0 Å². The predicted molar refractivity (Wildman–Crippen MR) is 82.6 cm³/mol. The molecule has 1 unspecified atom stereocenters. The van der Waals surface area contributed by atoms with Crippen LogP contribution in [0.4, 0.5) is 0 Å². The van der Waals surface area contributed by atoms with Gasteiger partial charge in [0.1, 0.15) is 5.75 Å². The van der Waals surface area contributed by atoms with Crippen LogP contribution in [0.1, 0.15) is 38.2 Å². The summed E-state index contributed by atoms with van der Waals surface area (Å²) >= 11 is 6.27. The van der Waals surface area contributed by atoms with Crippen LogP contribution in [0.2, 0.25) is 5.02 Å². The minimum atomic E-state index is -0.510. The first-order valence-electron chi connectivity index (χ1n) is 7.61. The average molecular weight is 309 g/mol. The molecule has 1 aromatic carbocycles. The van der Waals surface area contributed by atoms with Crippen LogP contribution < -0.4 is 15.4 Å². The van der Waals surface area contributed by atoms with Crippen molar-refractivity contribution in [1.29, 1.82) is 0 Å². The quantitative estimate of drug-likeness (QED) is 0.814. The van der Waals surface area contributed by atoms with Crippen LogP contribution in [0.5, 0.6) is 5.75 Å². The summed E-state index contributed by atoms with van der Waals surface area (Å²) in [6.07, 6.45) is 4.09. The van der Waals surface area contributed by atoms with Crippen molar-refractivity contribution in [1.82, 2.24) is 10.6 Å². The fourth-order valence-corrected chi connectivity index (χ4v) is 2.38. The fourth-order valence-electron chi connectivity index (χ4n) is 2.14. The Morgan fingerprint density at radius 1 is 1.33 bits per heavy atom. The van der Waals surface area contributed by atoms with Crippen LogP contribution in [-0.2, 0) is 11.3 Å². The van der Waals surface area contributed by atoms with Gasteiger partial charge in [0.2, 0.25) is 0 Å². The van der Waals surface area contributed by atoms with E-state index < -0.39 is 6.10 Å². The molecule has 1 amide bonds. The van der Waals surface area contributed by atoms with Gasteiger partial charge in [-0.15, -0.1) is 0 Å². The van der Waals surface area contributed by atoms with Crippen LogP contribution in [0.25, 0.3) is 0 Å². The molecule has 4 nitrogen and oxygen atoms in total. The molecule has 0 saturated heterocycles. The summed E-state index contributed by atoms with van der Waals surface area (Å²) in [5.74, 6) is 0.632. The van der Waals surface area contributed by atoms with Crippen molar-refractivity contribution in [3.63, 3.8) is 0 Å². The molecule has 2 saturated carbocycles. The van der Waals surface area contributed by atoms with Crippen LogP contribution in [0.3, 0.4) is 0 Å². The molecule has 2 fully saturated rings. The zero-order valence-corrected chi connectivity index (χ0v) is 13.0. The van der Waals surface area contributed by atoms with Crippen LogP contribution in [-0.4, -0.2) is 24.1 Å². The lowest BCUT2D eigenvalue weighted by atomic mass is 10.2. The lowest BCUT2D eigenvalue weighted by Gasteiger charge is -2.18. The summed E-state index contributed by atoms with van der Waals surface area (Å²) in [6, 6.07) is 6.52. The molecule has 0 heterocycles. The zero-order chi connectivity index (χ0) is 14.8. The maximum atomic E-state index is 12.0. The maximum absolute atomic E-state index is 12.0. The van der Waals surface area contributed by atoms with Gasteiger partial charge >= 0.3 is 0 Å². The number of rotatable bonds is 7. The summed E-state index contributed by atoms with van der Waals surface area (Å²) in [5, 5.41) is 7.07. The van der Waals surface area contributed by atoms with Crippen molar-refractivity contribution in [2.24, 2.45) is 0 Å². The maximum Gasteiger partial charge on any atom is 0.260 e. The summed E-state index contributed by atoms with van der Waals surface area (Å²) in [6.45, 7) is 2.45. The molecule has 5 heteroatoms. The highest BCUT2D eigenvalue weighted by atomic mass is 35.5. The minimum Gasteiger partial charge on any atom is -0.481 e. The van der Waals surface area contributed by atoms with Gasteiger partial charge in [-0.2, -0.15) is 0 Å². The highest BCUT2D eigenvalue weighted by molar-refractivity contribution is 6.31. The minimum absolute atomic E-state index is 0.0569. The summed E-state index contributed by atoms with van der Waals surface area (Å²) in [5.41, 5.74) is 0.928. The van der Waals surface area contributed by atoms with Gasteiger partial charge in [0.15, 0.2) is 6.10 Å². The van der Waals surface area contributed by atoms with Crippen molar-refractivity contribution < 1.29 is 9.53 Å². The number of nitrogens with one attached hydrogen (secondary N) is 2. The predicted octanol–water partition coefficient (Wildman–Crippen LogP) is 2.64. The Balaban J connectivity index is 1.64. The summed E-state index contributed by atoms with van der Waals surface area (Å²) < 4.78 is 5.83. The van der Waals surface area contributed by atoms with Gasteiger partial charge in [0.25, 0.3) is 5.91 Å². The normalized spacial score (nSPS) is 19.1. The first-order chi connectivity index (χ1) is 10.1. The van der Waals surface area contributed by atoms with E-state index in [0.717, 1.165) is 18.4 Å². The largest absolute Gasteiger partial charge is 0.481 e. The number of carbonyl (C=O) groups is 1. The Hall–Kier alpha value is -1.26. The molecule has 0 radical (unpaired) electrons. The molecule has 114 valence electrons. The SMILES string of the molecule is CC(Oc1cccc(Cl)c1CNC1CC1)C(=O)NC1CC1. The van der Waals surface area contributed by atoms with Gasteiger partial charge in [-0.3, -0.25) is 4.79 Å². The number of ether oxygens (including phenoxy) is 1. The Labute approximate surface area is 130 Å². The number of hydrogen-bond donors (Lipinski definition) is 2. The van der Waals surface area contributed by atoms with E-state index in [-0.39, 0.29) is 5.91 Å². The highest BCUT2D eigenvalue weighted by Crippen LogP contribution is 2.29. The monoisotopic (exact) mass is 308 g/mol. The molecule has 0 aromatic heterocycles. The molecule has 2 aliphatic rings. The second-order valence-electron chi connectivity index (χ2n) is 5.91. The van der Waals surface area contributed by atoms with Gasteiger partial charge < -0.3 is 15.4 Å². The molecular weight excluding hydrogens is 288 g/mol. The molecule has 1 atom stereocenters. The second kappa shape index (κ2) is 6.24. The molecule has 2 aliphatic carbocycles. The lowest BCUT2D eigenvalue weighted by molar-refractivity contribution is -0.127. The van der Waals surface area contributed by atoms with E-state index in [1.54, 1.807) is 6.92 Å². The lowest BCUT2D eigenvalue weighted by Crippen LogP contribution is -2.37. The fraction of sp³-hybridized carbons (Fsp3) is 0.562. The highest BCUT2D eigenvalue weighted by Gasteiger charge is 2.27. The third-order valence-corrected chi connectivity index (χ3v) is 4.17. The van der Waals surface area contributed by atoms with E-state index in [2.05, 4.69) is 10.6 Å². The zero-order valence-electron chi connectivity index (χ0n) is 12.2. The Bertz CT molecular complexity index is 527. The number of amides is 1. The Morgan fingerprint density at radius 3 is 2.71 bits per heavy atom. The van der Waals surface area contributed by atoms with Crippen molar-refractivity contribution in [3.8, 4) is 5.75 Å². The number of halogens is 1. The topological polar surface area (TPSA) is 50.4 Å².